The number of hydrogen-bond acceptors (Lipinski definition) is 5. The molecule has 2 aromatic rings. The van der Waals surface area contributed by atoms with Gasteiger partial charge in [0.05, 0.1) is 11.6 Å². The molecule has 0 saturated heterocycles. The normalized spacial score (nSPS) is 23.6. The first kappa shape index (κ1) is 14.1. The van der Waals surface area contributed by atoms with Crippen LogP contribution in [0.1, 0.15) is 27.2 Å². The molecule has 1 aromatic heterocycles. The molecule has 0 aliphatic heterocycles. The number of aliphatic hydroxyl groups excluding tert-OH is 1. The Morgan fingerprint density at radius 3 is 2.71 bits per heavy atom. The van der Waals surface area contributed by atoms with Crippen molar-refractivity contribution in [2.75, 3.05) is 17.2 Å². The van der Waals surface area contributed by atoms with E-state index in [1.165, 1.54) is 0 Å². The molecule has 2 atom stereocenters. The molecule has 0 radical (unpaired) electrons. The first-order valence-corrected chi connectivity index (χ1v) is 7.47. The predicted molar refractivity (Wildman–Crippen MR) is 85.5 cm³/mol. The van der Waals surface area contributed by atoms with Gasteiger partial charge in [-0.15, -0.1) is 0 Å². The molecular formula is C16H22N4O. The van der Waals surface area contributed by atoms with Crippen molar-refractivity contribution in [3.63, 3.8) is 0 Å². The summed E-state index contributed by atoms with van der Waals surface area (Å²) in [6.45, 7) is 6.96. The van der Waals surface area contributed by atoms with Gasteiger partial charge in [0.15, 0.2) is 0 Å². The average molecular weight is 286 g/mol. The fraction of sp³-hybridized carbons (Fsp3) is 0.500. The molecule has 1 fully saturated rings. The number of aliphatic hydroxyl groups is 1. The SMILES string of the molecule is CCNc1nc(NC2CC(O)C2(C)C)c2ccccc2n1. The van der Waals surface area contributed by atoms with E-state index in [9.17, 15) is 5.11 Å². The Labute approximate surface area is 124 Å². The molecular weight excluding hydrogens is 264 g/mol. The van der Waals surface area contributed by atoms with Gasteiger partial charge in [-0.1, -0.05) is 26.0 Å². The minimum absolute atomic E-state index is 0.135. The number of benzene rings is 1. The Bertz CT molecular complexity index is 656. The van der Waals surface area contributed by atoms with Gasteiger partial charge in [0, 0.05) is 23.4 Å². The van der Waals surface area contributed by atoms with Gasteiger partial charge >= 0.3 is 0 Å². The number of anilines is 2. The van der Waals surface area contributed by atoms with E-state index in [2.05, 4.69) is 34.4 Å². The van der Waals surface area contributed by atoms with Gasteiger partial charge in [-0.3, -0.25) is 0 Å². The Hall–Kier alpha value is -1.88. The predicted octanol–water partition coefficient (Wildman–Crippen LogP) is 2.63. The number of hydrogen-bond donors (Lipinski definition) is 3. The maximum atomic E-state index is 9.89. The topological polar surface area (TPSA) is 70.1 Å². The summed E-state index contributed by atoms with van der Waals surface area (Å²) in [5.41, 5.74) is 0.786. The zero-order valence-corrected chi connectivity index (χ0v) is 12.7. The van der Waals surface area contributed by atoms with Crippen molar-refractivity contribution in [1.82, 2.24) is 9.97 Å². The maximum Gasteiger partial charge on any atom is 0.225 e. The minimum atomic E-state index is -0.253. The molecule has 0 spiro atoms. The standard InChI is InChI=1S/C16H22N4O/c1-4-17-15-18-11-8-6-5-7-10(11)14(20-15)19-12-9-13(21)16(12,2)3/h5-8,12-13,21H,4,9H2,1-3H3,(H2,17,18,19,20). The largest absolute Gasteiger partial charge is 0.392 e. The number of nitrogens with one attached hydrogen (secondary N) is 2. The van der Waals surface area contributed by atoms with Crippen LogP contribution in [0.4, 0.5) is 11.8 Å². The molecule has 1 aromatic carbocycles. The molecule has 1 aliphatic carbocycles. The van der Waals surface area contributed by atoms with Gasteiger partial charge in [0.25, 0.3) is 0 Å². The highest BCUT2D eigenvalue weighted by Gasteiger charge is 2.47. The third-order valence-corrected chi connectivity index (χ3v) is 4.46. The summed E-state index contributed by atoms with van der Waals surface area (Å²) in [6, 6.07) is 8.20. The number of nitrogens with zero attached hydrogens (tertiary/aromatic N) is 2. The monoisotopic (exact) mass is 286 g/mol. The van der Waals surface area contributed by atoms with Crippen molar-refractivity contribution < 1.29 is 5.11 Å². The quantitative estimate of drug-likeness (QED) is 0.806. The van der Waals surface area contributed by atoms with E-state index in [-0.39, 0.29) is 17.6 Å². The number of para-hydroxylation sites is 1. The van der Waals surface area contributed by atoms with Gasteiger partial charge < -0.3 is 15.7 Å². The summed E-state index contributed by atoms with van der Waals surface area (Å²) in [5.74, 6) is 1.47. The third kappa shape index (κ3) is 2.42. The van der Waals surface area contributed by atoms with Crippen molar-refractivity contribution >= 4 is 22.7 Å². The van der Waals surface area contributed by atoms with E-state index in [0.29, 0.717) is 5.95 Å². The fourth-order valence-corrected chi connectivity index (χ4v) is 2.74. The van der Waals surface area contributed by atoms with Crippen molar-refractivity contribution in [1.29, 1.82) is 0 Å². The van der Waals surface area contributed by atoms with E-state index >= 15 is 0 Å². The second-order valence-corrected chi connectivity index (χ2v) is 6.21. The highest BCUT2D eigenvalue weighted by molar-refractivity contribution is 5.90. The molecule has 5 heteroatoms. The lowest BCUT2D eigenvalue weighted by molar-refractivity contribution is -0.0511. The lowest BCUT2D eigenvalue weighted by Gasteiger charge is -2.49. The molecule has 0 amide bonds. The van der Waals surface area contributed by atoms with Gasteiger partial charge in [0.2, 0.25) is 5.95 Å². The van der Waals surface area contributed by atoms with E-state index in [1.807, 2.05) is 31.2 Å². The Balaban J connectivity index is 1.97. The number of fused-ring (bicyclic) bond motifs is 1. The van der Waals surface area contributed by atoms with Crippen LogP contribution in [-0.2, 0) is 0 Å². The van der Waals surface area contributed by atoms with Crippen molar-refractivity contribution in [2.45, 2.75) is 39.3 Å². The highest BCUT2D eigenvalue weighted by Crippen LogP contribution is 2.42. The summed E-state index contributed by atoms with van der Waals surface area (Å²) in [4.78, 5) is 9.10. The first-order chi connectivity index (χ1) is 10.0. The van der Waals surface area contributed by atoms with Crippen molar-refractivity contribution in [2.24, 2.45) is 5.41 Å². The smallest absolute Gasteiger partial charge is 0.225 e. The molecule has 112 valence electrons. The third-order valence-electron chi connectivity index (χ3n) is 4.46. The molecule has 1 saturated carbocycles. The molecule has 1 aliphatic rings. The number of rotatable bonds is 4. The Kier molecular flexibility index (Phi) is 3.45. The van der Waals surface area contributed by atoms with Crippen molar-refractivity contribution in [3.8, 4) is 0 Å². The molecule has 21 heavy (non-hydrogen) atoms. The second-order valence-electron chi connectivity index (χ2n) is 6.21. The van der Waals surface area contributed by atoms with E-state index < -0.39 is 0 Å². The maximum absolute atomic E-state index is 9.89. The summed E-state index contributed by atoms with van der Waals surface area (Å²) >= 11 is 0. The molecule has 3 rings (SSSR count). The summed E-state index contributed by atoms with van der Waals surface area (Å²) in [7, 11) is 0. The van der Waals surface area contributed by atoms with Gasteiger partial charge in [-0.2, -0.15) is 4.98 Å². The molecule has 5 nitrogen and oxygen atoms in total. The molecule has 2 unspecified atom stereocenters. The van der Waals surface area contributed by atoms with Crippen LogP contribution in [0.3, 0.4) is 0 Å². The van der Waals surface area contributed by atoms with Gasteiger partial charge in [-0.05, 0) is 25.5 Å². The average Bonchev–Trinajstić information content (AvgIpc) is 2.47. The van der Waals surface area contributed by atoms with Crippen molar-refractivity contribution in [3.05, 3.63) is 24.3 Å². The Morgan fingerprint density at radius 1 is 1.29 bits per heavy atom. The van der Waals surface area contributed by atoms with Crippen LogP contribution in [0.15, 0.2) is 24.3 Å². The minimum Gasteiger partial charge on any atom is -0.392 e. The first-order valence-electron chi connectivity index (χ1n) is 7.47. The highest BCUT2D eigenvalue weighted by atomic mass is 16.3. The van der Waals surface area contributed by atoms with Crippen LogP contribution < -0.4 is 10.6 Å². The number of aromatic nitrogens is 2. The molecule has 3 N–H and O–H groups in total. The Morgan fingerprint density at radius 2 is 2.05 bits per heavy atom. The summed E-state index contributed by atoms with van der Waals surface area (Å²) < 4.78 is 0. The fourth-order valence-electron chi connectivity index (χ4n) is 2.74. The second kappa shape index (κ2) is 5.15. The van der Waals surface area contributed by atoms with Crippen LogP contribution >= 0.6 is 0 Å². The lowest BCUT2D eigenvalue weighted by Crippen LogP contribution is -2.57. The zero-order chi connectivity index (χ0) is 15.0. The molecule has 0 bridgehead atoms. The zero-order valence-electron chi connectivity index (χ0n) is 12.7. The molecule has 1 heterocycles. The van der Waals surface area contributed by atoms with Crippen LogP contribution in [-0.4, -0.2) is 33.8 Å². The van der Waals surface area contributed by atoms with Gasteiger partial charge in [-0.25, -0.2) is 4.98 Å². The van der Waals surface area contributed by atoms with Crippen LogP contribution in [0.5, 0.6) is 0 Å². The van der Waals surface area contributed by atoms with Crippen LogP contribution in [0.2, 0.25) is 0 Å². The lowest BCUT2D eigenvalue weighted by atomic mass is 9.64. The van der Waals surface area contributed by atoms with Crippen LogP contribution in [0, 0.1) is 5.41 Å². The van der Waals surface area contributed by atoms with Crippen LogP contribution in [0.25, 0.3) is 10.9 Å². The van der Waals surface area contributed by atoms with E-state index in [1.54, 1.807) is 0 Å². The van der Waals surface area contributed by atoms with E-state index in [4.69, 9.17) is 0 Å². The van der Waals surface area contributed by atoms with E-state index in [0.717, 1.165) is 29.7 Å². The summed E-state index contributed by atoms with van der Waals surface area (Å²) in [6.07, 6.45) is 0.498. The van der Waals surface area contributed by atoms with Gasteiger partial charge in [0.1, 0.15) is 5.82 Å². The summed E-state index contributed by atoms with van der Waals surface area (Å²) in [5, 5.41) is 17.6.